The number of amides is 1. The number of nitrogens with zero attached hydrogens (tertiary/aromatic N) is 5. The van der Waals surface area contributed by atoms with E-state index in [1.165, 1.54) is 4.68 Å². The molecule has 90 valence electrons. The number of hydrogen-bond donors (Lipinski definition) is 1. The van der Waals surface area contributed by atoms with E-state index in [0.717, 1.165) is 10.9 Å². The van der Waals surface area contributed by atoms with E-state index in [9.17, 15) is 4.79 Å². The first-order valence-corrected chi connectivity index (χ1v) is 5.64. The molecule has 3 aliphatic heterocycles. The summed E-state index contributed by atoms with van der Waals surface area (Å²) in [5, 5.41) is 17.9. The Bertz CT molecular complexity index is 845. The Morgan fingerprint density at radius 1 is 1.32 bits per heavy atom. The monoisotopic (exact) mass is 250 g/mol. The van der Waals surface area contributed by atoms with Gasteiger partial charge in [0.25, 0.3) is 5.91 Å². The highest BCUT2D eigenvalue weighted by Gasteiger charge is 2.36. The molecule has 1 aromatic rings. The van der Waals surface area contributed by atoms with Gasteiger partial charge in [0, 0.05) is 5.39 Å². The van der Waals surface area contributed by atoms with Crippen LogP contribution in [0.5, 0.6) is 0 Å². The summed E-state index contributed by atoms with van der Waals surface area (Å²) >= 11 is 0. The van der Waals surface area contributed by atoms with Crippen LogP contribution in [0.3, 0.4) is 0 Å². The van der Waals surface area contributed by atoms with Crippen LogP contribution >= 0.6 is 0 Å². The maximum absolute atomic E-state index is 11.7. The SMILES string of the molecule is N#CC1C(=O)Nn2c3nc4ccccc4c-3nnc21. The molecule has 0 saturated heterocycles. The number of carbonyl (C=O) groups is 1. The molecule has 0 aromatic heterocycles. The molecule has 0 spiro atoms. The average molecular weight is 250 g/mol. The first-order valence-electron chi connectivity index (χ1n) is 5.64. The van der Waals surface area contributed by atoms with Crippen LogP contribution in [-0.4, -0.2) is 25.8 Å². The minimum absolute atomic E-state index is 0.280. The van der Waals surface area contributed by atoms with E-state index >= 15 is 0 Å². The third-order valence-corrected chi connectivity index (χ3v) is 3.16. The minimum atomic E-state index is -0.934. The van der Waals surface area contributed by atoms with Crippen molar-refractivity contribution < 1.29 is 4.79 Å². The number of nitriles is 1. The summed E-state index contributed by atoms with van der Waals surface area (Å²) in [6.07, 6.45) is 0. The second kappa shape index (κ2) is 3.26. The smallest absolute Gasteiger partial charge is 0.264 e. The van der Waals surface area contributed by atoms with Crippen LogP contribution in [0.1, 0.15) is 11.7 Å². The predicted molar refractivity (Wildman–Crippen MR) is 64.7 cm³/mol. The van der Waals surface area contributed by atoms with Gasteiger partial charge >= 0.3 is 0 Å². The molecule has 3 aliphatic rings. The highest BCUT2D eigenvalue weighted by Crippen LogP contribution is 2.31. The van der Waals surface area contributed by atoms with Gasteiger partial charge in [-0.3, -0.25) is 10.2 Å². The average Bonchev–Trinajstić information content (AvgIpc) is 2.95. The van der Waals surface area contributed by atoms with Crippen LogP contribution in [0.4, 0.5) is 0 Å². The Labute approximate surface area is 106 Å². The van der Waals surface area contributed by atoms with Crippen molar-refractivity contribution in [3.63, 3.8) is 0 Å². The molecule has 1 N–H and O–H groups in total. The minimum Gasteiger partial charge on any atom is -0.271 e. The highest BCUT2D eigenvalue weighted by atomic mass is 16.2. The second-order valence-corrected chi connectivity index (χ2v) is 4.23. The fourth-order valence-electron chi connectivity index (χ4n) is 2.27. The Kier molecular flexibility index (Phi) is 1.71. The largest absolute Gasteiger partial charge is 0.271 e. The highest BCUT2D eigenvalue weighted by molar-refractivity contribution is 5.98. The van der Waals surface area contributed by atoms with E-state index in [1.54, 1.807) is 0 Å². The molecule has 0 radical (unpaired) electrons. The maximum atomic E-state index is 11.7. The topological polar surface area (TPSA) is 96.5 Å². The van der Waals surface area contributed by atoms with Crippen molar-refractivity contribution in [3.8, 4) is 17.6 Å². The molecule has 0 saturated carbocycles. The van der Waals surface area contributed by atoms with E-state index in [2.05, 4.69) is 20.6 Å². The number of nitrogens with one attached hydrogen (secondary N) is 1. The van der Waals surface area contributed by atoms with Crippen molar-refractivity contribution in [2.75, 3.05) is 5.43 Å². The summed E-state index contributed by atoms with van der Waals surface area (Å²) < 4.78 is 1.44. The second-order valence-electron chi connectivity index (χ2n) is 4.23. The Morgan fingerprint density at radius 3 is 3.00 bits per heavy atom. The lowest BCUT2D eigenvalue weighted by Crippen LogP contribution is -2.18. The van der Waals surface area contributed by atoms with Gasteiger partial charge in [-0.1, -0.05) is 18.2 Å². The first kappa shape index (κ1) is 9.96. The fourth-order valence-corrected chi connectivity index (χ4v) is 2.27. The van der Waals surface area contributed by atoms with Crippen molar-refractivity contribution >= 4 is 16.8 Å². The van der Waals surface area contributed by atoms with Gasteiger partial charge in [0.05, 0.1) is 11.6 Å². The van der Waals surface area contributed by atoms with Crippen molar-refractivity contribution in [1.82, 2.24) is 19.9 Å². The number of rotatable bonds is 0. The third-order valence-electron chi connectivity index (χ3n) is 3.16. The number of aromatic nitrogens is 4. The van der Waals surface area contributed by atoms with Gasteiger partial charge in [0.1, 0.15) is 5.69 Å². The van der Waals surface area contributed by atoms with Gasteiger partial charge in [-0.2, -0.15) is 5.26 Å². The maximum Gasteiger partial charge on any atom is 0.264 e. The number of benzene rings is 1. The molecule has 0 fully saturated rings. The zero-order valence-electron chi connectivity index (χ0n) is 9.53. The molecule has 1 amide bonds. The van der Waals surface area contributed by atoms with Crippen molar-refractivity contribution in [2.45, 2.75) is 5.92 Å². The summed E-state index contributed by atoms with van der Waals surface area (Å²) in [5.41, 5.74) is 3.98. The molecule has 4 rings (SSSR count). The van der Waals surface area contributed by atoms with Crippen LogP contribution in [0.15, 0.2) is 24.3 Å². The third kappa shape index (κ3) is 1.15. The number of carbonyl (C=O) groups excluding carboxylic acids is 1. The number of para-hydroxylation sites is 1. The van der Waals surface area contributed by atoms with E-state index in [0.29, 0.717) is 11.5 Å². The summed E-state index contributed by atoms with van der Waals surface area (Å²) in [6, 6.07) is 9.43. The van der Waals surface area contributed by atoms with Crippen LogP contribution in [-0.2, 0) is 4.79 Å². The van der Waals surface area contributed by atoms with Crippen LogP contribution < -0.4 is 5.43 Å². The molecular formula is C12H6N6O. The molecule has 1 unspecified atom stereocenters. The molecule has 7 nitrogen and oxygen atoms in total. The first-order chi connectivity index (χ1) is 9.29. The molecule has 1 aromatic carbocycles. The lowest BCUT2D eigenvalue weighted by molar-refractivity contribution is -0.116. The molecule has 3 heterocycles. The van der Waals surface area contributed by atoms with E-state index in [1.807, 2.05) is 30.3 Å². The number of hydrogen-bond acceptors (Lipinski definition) is 5. The standard InChI is InChI=1S/C12H6N6O/c13-5-7-10-16-15-9-6-3-1-2-4-8(6)14-11(9)18(10)17-12(7)19/h1-4,7H,(H,17,19). The van der Waals surface area contributed by atoms with E-state index in [-0.39, 0.29) is 5.82 Å². The summed E-state index contributed by atoms with van der Waals surface area (Å²) in [6.45, 7) is 0. The lowest BCUT2D eigenvalue weighted by atomic mass is 10.1. The number of fused-ring (bicyclic) bond motifs is 5. The summed E-state index contributed by atoms with van der Waals surface area (Å²) in [5.74, 6) is -0.548. The van der Waals surface area contributed by atoms with Crippen molar-refractivity contribution in [1.29, 1.82) is 5.26 Å². The molecule has 7 heteroatoms. The summed E-state index contributed by atoms with van der Waals surface area (Å²) in [4.78, 5) is 16.1. The van der Waals surface area contributed by atoms with Crippen LogP contribution in [0.25, 0.3) is 22.4 Å². The zero-order chi connectivity index (χ0) is 13.0. The molecule has 19 heavy (non-hydrogen) atoms. The van der Waals surface area contributed by atoms with Gasteiger partial charge in [-0.25, -0.2) is 9.66 Å². The van der Waals surface area contributed by atoms with Gasteiger partial charge in [0.2, 0.25) is 0 Å². The van der Waals surface area contributed by atoms with E-state index in [4.69, 9.17) is 5.26 Å². The molecule has 0 bridgehead atoms. The van der Waals surface area contributed by atoms with Crippen molar-refractivity contribution in [3.05, 3.63) is 30.1 Å². The molecule has 1 atom stereocenters. The fraction of sp³-hybridized carbons (Fsp3) is 0.0833. The lowest BCUT2D eigenvalue weighted by Gasteiger charge is -2.06. The quantitative estimate of drug-likeness (QED) is 0.631. The van der Waals surface area contributed by atoms with E-state index < -0.39 is 11.8 Å². The predicted octanol–water partition coefficient (Wildman–Crippen LogP) is 0.622. The Morgan fingerprint density at radius 2 is 2.16 bits per heavy atom. The van der Waals surface area contributed by atoms with Gasteiger partial charge in [0.15, 0.2) is 17.6 Å². The van der Waals surface area contributed by atoms with Crippen LogP contribution in [0, 0.1) is 11.3 Å². The summed E-state index contributed by atoms with van der Waals surface area (Å²) in [7, 11) is 0. The molecular weight excluding hydrogens is 244 g/mol. The normalized spacial score (nSPS) is 17.4. The van der Waals surface area contributed by atoms with Crippen LogP contribution in [0.2, 0.25) is 0 Å². The van der Waals surface area contributed by atoms with Gasteiger partial charge in [-0.05, 0) is 6.07 Å². The van der Waals surface area contributed by atoms with Gasteiger partial charge in [-0.15, -0.1) is 10.2 Å². The Balaban J connectivity index is 2.09. The Hall–Kier alpha value is -3.01. The molecule has 0 aliphatic carbocycles. The van der Waals surface area contributed by atoms with Crippen molar-refractivity contribution in [2.24, 2.45) is 0 Å². The van der Waals surface area contributed by atoms with Gasteiger partial charge < -0.3 is 0 Å². The zero-order valence-corrected chi connectivity index (χ0v) is 9.53.